The van der Waals surface area contributed by atoms with Crippen LogP contribution < -0.4 is 15.5 Å². The molecule has 1 saturated carbocycles. The average molecular weight is 438 g/mol. The fourth-order valence-electron chi connectivity index (χ4n) is 4.90. The van der Waals surface area contributed by atoms with Crippen molar-refractivity contribution in [3.63, 3.8) is 0 Å². The molecule has 8 heteroatoms. The maximum atomic E-state index is 12.9. The van der Waals surface area contributed by atoms with E-state index in [4.69, 9.17) is 9.40 Å². The number of nitrogens with one attached hydrogen (secondary N) is 2. The third kappa shape index (κ3) is 3.07. The number of hydrogen-bond acceptors (Lipinski definition) is 7. The van der Waals surface area contributed by atoms with Crippen molar-refractivity contribution >= 4 is 34.4 Å². The number of amides is 1. The number of oxazole rings is 1. The molecule has 31 heavy (non-hydrogen) atoms. The summed E-state index contributed by atoms with van der Waals surface area (Å²) in [5.41, 5.74) is 2.92. The van der Waals surface area contributed by atoms with E-state index in [9.17, 15) is 4.79 Å². The van der Waals surface area contributed by atoms with Crippen LogP contribution in [0.4, 0.5) is 6.01 Å². The van der Waals surface area contributed by atoms with E-state index in [2.05, 4.69) is 41.3 Å². The number of hydrogen-bond donors (Lipinski definition) is 2. The molecule has 2 atom stereocenters. The summed E-state index contributed by atoms with van der Waals surface area (Å²) in [7, 11) is 0. The molecule has 2 bridgehead atoms. The van der Waals surface area contributed by atoms with Gasteiger partial charge in [-0.25, -0.2) is 4.98 Å². The molecule has 1 amide bonds. The predicted octanol–water partition coefficient (Wildman–Crippen LogP) is 3.81. The highest BCUT2D eigenvalue weighted by molar-refractivity contribution is 7.13. The maximum Gasteiger partial charge on any atom is 0.298 e. The minimum absolute atomic E-state index is 0.0564. The summed E-state index contributed by atoms with van der Waals surface area (Å²) in [6.45, 7) is 8.56. The first-order valence-corrected chi connectivity index (χ1v) is 11.9. The van der Waals surface area contributed by atoms with Crippen molar-refractivity contribution in [1.82, 2.24) is 20.6 Å². The number of nitrogens with zero attached hydrogens (tertiary/aromatic N) is 3. The Bertz CT molecular complexity index is 1150. The van der Waals surface area contributed by atoms with E-state index >= 15 is 0 Å². The molecule has 0 spiro atoms. The molecule has 2 aromatic heterocycles. The van der Waals surface area contributed by atoms with Gasteiger partial charge in [0.15, 0.2) is 5.58 Å². The highest BCUT2D eigenvalue weighted by atomic mass is 32.1. The summed E-state index contributed by atoms with van der Waals surface area (Å²) in [5, 5.41) is 9.68. The van der Waals surface area contributed by atoms with Crippen molar-refractivity contribution in [3.8, 4) is 10.6 Å². The van der Waals surface area contributed by atoms with Gasteiger partial charge in [0, 0.05) is 42.3 Å². The van der Waals surface area contributed by atoms with Crippen LogP contribution in [-0.2, 0) is 0 Å². The maximum absolute atomic E-state index is 12.9. The zero-order valence-corrected chi connectivity index (χ0v) is 18.9. The lowest BCUT2D eigenvalue weighted by atomic mass is 9.62. The molecule has 7 nitrogen and oxygen atoms in total. The fraction of sp³-hybridized carbons (Fsp3) is 0.522. The van der Waals surface area contributed by atoms with E-state index in [-0.39, 0.29) is 16.9 Å². The molecular weight excluding hydrogens is 410 g/mol. The Morgan fingerprint density at radius 1 is 1.35 bits per heavy atom. The minimum Gasteiger partial charge on any atom is -0.423 e. The number of aromatic nitrogens is 2. The van der Waals surface area contributed by atoms with Gasteiger partial charge in [0.25, 0.3) is 11.9 Å². The van der Waals surface area contributed by atoms with Gasteiger partial charge in [-0.1, -0.05) is 20.8 Å². The smallest absolute Gasteiger partial charge is 0.298 e. The summed E-state index contributed by atoms with van der Waals surface area (Å²) < 4.78 is 6.37. The van der Waals surface area contributed by atoms with Gasteiger partial charge in [0.1, 0.15) is 10.5 Å². The third-order valence-corrected chi connectivity index (χ3v) is 7.84. The molecule has 3 aromatic rings. The second-order valence-corrected chi connectivity index (χ2v) is 11.1. The van der Waals surface area contributed by atoms with Crippen LogP contribution in [0.1, 0.15) is 50.4 Å². The van der Waals surface area contributed by atoms with E-state index in [0.717, 1.165) is 36.5 Å². The average Bonchev–Trinajstić information content (AvgIpc) is 3.18. The second-order valence-electron chi connectivity index (χ2n) is 10.2. The van der Waals surface area contributed by atoms with Crippen LogP contribution in [0.3, 0.4) is 0 Å². The Labute approximate surface area is 185 Å². The molecule has 4 aliphatic rings. The molecule has 3 saturated heterocycles. The summed E-state index contributed by atoms with van der Waals surface area (Å²) in [6, 6.07) is 5.12. The lowest BCUT2D eigenvalue weighted by Gasteiger charge is -2.62. The molecule has 5 heterocycles. The van der Waals surface area contributed by atoms with Crippen LogP contribution >= 0.6 is 11.3 Å². The van der Waals surface area contributed by atoms with Gasteiger partial charge < -0.3 is 20.0 Å². The molecular formula is C23H27N5O2S. The van der Waals surface area contributed by atoms with Gasteiger partial charge in [0.05, 0.1) is 11.1 Å². The molecule has 1 aromatic carbocycles. The molecule has 4 fully saturated rings. The highest BCUT2D eigenvalue weighted by Crippen LogP contribution is 2.46. The van der Waals surface area contributed by atoms with Crippen molar-refractivity contribution in [2.24, 2.45) is 5.41 Å². The first kappa shape index (κ1) is 19.3. The summed E-state index contributed by atoms with van der Waals surface area (Å²) >= 11 is 1.56. The number of anilines is 1. The normalized spacial score (nSPS) is 25.5. The van der Waals surface area contributed by atoms with Gasteiger partial charge in [-0.2, -0.15) is 4.98 Å². The highest BCUT2D eigenvalue weighted by Gasteiger charge is 2.56. The van der Waals surface area contributed by atoms with Gasteiger partial charge in [0.2, 0.25) is 0 Å². The fourth-order valence-corrected chi connectivity index (χ4v) is 5.56. The number of benzene rings is 1. The molecule has 0 radical (unpaired) electrons. The van der Waals surface area contributed by atoms with Crippen LogP contribution in [0.15, 0.2) is 28.1 Å². The van der Waals surface area contributed by atoms with Crippen molar-refractivity contribution in [2.45, 2.75) is 57.7 Å². The number of fused-ring (bicyclic) bond motifs is 3. The van der Waals surface area contributed by atoms with E-state index in [0.29, 0.717) is 34.8 Å². The Kier molecular flexibility index (Phi) is 4.05. The van der Waals surface area contributed by atoms with Crippen molar-refractivity contribution in [3.05, 3.63) is 29.3 Å². The molecule has 162 valence electrons. The second kappa shape index (κ2) is 6.53. The standard InChI is InChI=1S/C23H27N5O2S/c1-22(2,3)23-10-14(27-23)11-28(12-23)21-26-17-15(19(29)25-13-4-5-13)6-7-16(18(17)30-21)20-24-8-9-31-20/h6-9,13-14,27H,4-5,10-12H2,1-3H3,(H,25,29). The lowest BCUT2D eigenvalue weighted by molar-refractivity contribution is 0.00504. The van der Waals surface area contributed by atoms with Gasteiger partial charge >= 0.3 is 0 Å². The number of piperidine rings is 1. The number of carbonyl (C=O) groups is 1. The molecule has 3 aliphatic heterocycles. The number of rotatable bonds is 4. The molecule has 1 aliphatic carbocycles. The number of piperazine rings is 1. The van der Waals surface area contributed by atoms with Crippen molar-refractivity contribution in [2.75, 3.05) is 18.0 Å². The molecule has 2 N–H and O–H groups in total. The summed E-state index contributed by atoms with van der Waals surface area (Å²) in [6.07, 6.45) is 5.06. The van der Waals surface area contributed by atoms with E-state index < -0.39 is 0 Å². The van der Waals surface area contributed by atoms with Crippen LogP contribution in [0.2, 0.25) is 0 Å². The quantitative estimate of drug-likeness (QED) is 0.646. The van der Waals surface area contributed by atoms with Crippen LogP contribution in [0.25, 0.3) is 21.7 Å². The minimum atomic E-state index is -0.0765. The van der Waals surface area contributed by atoms with Crippen LogP contribution in [0.5, 0.6) is 0 Å². The number of thiazole rings is 1. The molecule has 7 rings (SSSR count). The Balaban J connectivity index is 1.43. The van der Waals surface area contributed by atoms with Crippen molar-refractivity contribution in [1.29, 1.82) is 0 Å². The van der Waals surface area contributed by atoms with Crippen LogP contribution in [0, 0.1) is 5.41 Å². The SMILES string of the molecule is CC(C)(C)C12CC(CN(c3nc4c(C(=O)NC5CC5)ccc(-c5nccs5)c4o3)C1)N2. The Morgan fingerprint density at radius 3 is 2.84 bits per heavy atom. The van der Waals surface area contributed by atoms with E-state index in [1.165, 1.54) is 6.42 Å². The first-order chi connectivity index (χ1) is 14.8. The largest absolute Gasteiger partial charge is 0.423 e. The van der Waals surface area contributed by atoms with Gasteiger partial charge in [-0.15, -0.1) is 11.3 Å². The molecule has 2 unspecified atom stereocenters. The van der Waals surface area contributed by atoms with E-state index in [1.54, 1.807) is 17.5 Å². The van der Waals surface area contributed by atoms with E-state index in [1.807, 2.05) is 17.5 Å². The summed E-state index contributed by atoms with van der Waals surface area (Å²) in [4.78, 5) is 24.5. The van der Waals surface area contributed by atoms with Gasteiger partial charge in [-0.3, -0.25) is 4.79 Å². The predicted molar refractivity (Wildman–Crippen MR) is 122 cm³/mol. The van der Waals surface area contributed by atoms with Crippen LogP contribution in [-0.4, -0.2) is 46.6 Å². The zero-order chi connectivity index (χ0) is 21.4. The zero-order valence-electron chi connectivity index (χ0n) is 18.1. The third-order valence-electron chi connectivity index (χ3n) is 7.04. The van der Waals surface area contributed by atoms with Crippen molar-refractivity contribution < 1.29 is 9.21 Å². The Hall–Kier alpha value is -2.45. The summed E-state index contributed by atoms with van der Waals surface area (Å²) in [5.74, 6) is -0.0765. The monoisotopic (exact) mass is 437 g/mol. The Morgan fingerprint density at radius 2 is 2.16 bits per heavy atom. The lowest BCUT2D eigenvalue weighted by Crippen LogP contribution is -2.80. The topological polar surface area (TPSA) is 83.3 Å². The first-order valence-electron chi connectivity index (χ1n) is 11.0. The number of carbonyl (C=O) groups excluding carboxylic acids is 1. The van der Waals surface area contributed by atoms with Gasteiger partial charge in [-0.05, 0) is 36.8 Å².